The Morgan fingerprint density at radius 3 is 2.24 bits per heavy atom. The molecule has 2 N–H and O–H groups in total. The van der Waals surface area contributed by atoms with Gasteiger partial charge in [0.25, 0.3) is 10.0 Å². The molecule has 0 unspecified atom stereocenters. The van der Waals surface area contributed by atoms with Gasteiger partial charge in [-0.05, 0) is 43.3 Å². The molecule has 25 heavy (non-hydrogen) atoms. The van der Waals surface area contributed by atoms with E-state index in [0.717, 1.165) is 11.3 Å². The topological polar surface area (TPSA) is 102 Å². The molecule has 1 aromatic heterocycles. The predicted molar refractivity (Wildman–Crippen MR) is 98.2 cm³/mol. The summed E-state index contributed by atoms with van der Waals surface area (Å²) < 4.78 is 59.0. The average molecular weight is 425 g/mol. The van der Waals surface area contributed by atoms with Crippen LogP contribution in [-0.4, -0.2) is 36.6 Å². The Morgan fingerprint density at radius 2 is 1.72 bits per heavy atom. The molecule has 7 nitrogen and oxygen atoms in total. The average Bonchev–Trinajstić information content (AvgIpc) is 2.94. The van der Waals surface area contributed by atoms with Crippen LogP contribution in [0, 0.1) is 0 Å². The second kappa shape index (κ2) is 8.02. The molecule has 0 radical (unpaired) electrons. The smallest absolute Gasteiger partial charge is 0.271 e. The molecule has 0 spiro atoms. The van der Waals surface area contributed by atoms with Crippen molar-refractivity contribution in [1.29, 1.82) is 0 Å². The van der Waals surface area contributed by atoms with Crippen LogP contribution in [0.3, 0.4) is 0 Å². The lowest BCUT2D eigenvalue weighted by Crippen LogP contribution is -2.35. The van der Waals surface area contributed by atoms with Gasteiger partial charge in [-0.2, -0.15) is 0 Å². The standard InChI is InChI=1S/C14H17ClN2O5S3/c1-10(9-22-2)16-24(18,19)12-5-3-11(4-6-12)17-25(20,21)14-8-7-13(15)23-14/h3-8,10,16-17H,9H2,1-2H3/t10-/m1/s1. The fourth-order valence-electron chi connectivity index (χ4n) is 1.97. The maximum absolute atomic E-state index is 12.2. The predicted octanol–water partition coefficient (Wildman–Crippen LogP) is 2.52. The second-order valence-corrected chi connectivity index (χ2v) is 10.5. The van der Waals surface area contributed by atoms with Crippen molar-refractivity contribution in [2.45, 2.75) is 22.1 Å². The summed E-state index contributed by atoms with van der Waals surface area (Å²) in [5.74, 6) is 0. The number of benzene rings is 1. The highest BCUT2D eigenvalue weighted by molar-refractivity contribution is 7.94. The van der Waals surface area contributed by atoms with E-state index in [4.69, 9.17) is 16.3 Å². The Kier molecular flexibility index (Phi) is 6.46. The number of nitrogens with one attached hydrogen (secondary N) is 2. The molecule has 0 aliphatic heterocycles. The molecule has 0 aliphatic carbocycles. The summed E-state index contributed by atoms with van der Waals surface area (Å²) >= 11 is 6.68. The molecule has 2 rings (SSSR count). The Labute approximate surface area is 156 Å². The van der Waals surface area contributed by atoms with E-state index in [1.807, 2.05) is 0 Å². The Bertz CT molecular complexity index is 924. The molecule has 0 amide bonds. The fraction of sp³-hybridized carbons (Fsp3) is 0.286. The van der Waals surface area contributed by atoms with E-state index in [1.165, 1.54) is 43.5 Å². The molecular formula is C14H17ClN2O5S3. The number of sulfonamides is 2. The van der Waals surface area contributed by atoms with Crippen LogP contribution in [0.25, 0.3) is 0 Å². The first-order valence-corrected chi connectivity index (χ1v) is 11.2. The van der Waals surface area contributed by atoms with Gasteiger partial charge >= 0.3 is 0 Å². The minimum atomic E-state index is -3.76. The van der Waals surface area contributed by atoms with E-state index >= 15 is 0 Å². The van der Waals surface area contributed by atoms with Gasteiger partial charge in [-0.15, -0.1) is 11.3 Å². The van der Waals surface area contributed by atoms with Crippen molar-refractivity contribution in [2.75, 3.05) is 18.4 Å². The Morgan fingerprint density at radius 1 is 1.08 bits per heavy atom. The highest BCUT2D eigenvalue weighted by Gasteiger charge is 2.19. The van der Waals surface area contributed by atoms with Gasteiger partial charge in [-0.25, -0.2) is 21.6 Å². The molecule has 1 heterocycles. The van der Waals surface area contributed by atoms with E-state index in [1.54, 1.807) is 6.92 Å². The number of ether oxygens (including phenoxy) is 1. The molecule has 138 valence electrons. The fourth-order valence-corrected chi connectivity index (χ4v) is 5.74. The maximum atomic E-state index is 12.2. The number of rotatable bonds is 8. The number of thiophene rings is 1. The molecule has 0 aliphatic rings. The summed E-state index contributed by atoms with van der Waals surface area (Å²) in [5, 5.41) is 0. The van der Waals surface area contributed by atoms with Crippen LogP contribution in [0.15, 0.2) is 45.5 Å². The first kappa shape index (κ1) is 20.1. The number of hydrogen-bond donors (Lipinski definition) is 2. The van der Waals surface area contributed by atoms with Crippen LogP contribution in [0.2, 0.25) is 4.34 Å². The SMILES string of the molecule is COC[C@@H](C)NS(=O)(=O)c1ccc(NS(=O)(=O)c2ccc(Cl)s2)cc1. The van der Waals surface area contributed by atoms with Crippen molar-refractivity contribution >= 4 is 48.7 Å². The van der Waals surface area contributed by atoms with Crippen molar-refractivity contribution in [3.63, 3.8) is 0 Å². The number of halogens is 1. The highest BCUT2D eigenvalue weighted by atomic mass is 35.5. The van der Waals surface area contributed by atoms with Gasteiger partial charge in [0.2, 0.25) is 10.0 Å². The molecule has 1 aromatic carbocycles. The maximum Gasteiger partial charge on any atom is 0.271 e. The third-order valence-electron chi connectivity index (χ3n) is 3.00. The van der Waals surface area contributed by atoms with Gasteiger partial charge in [0.05, 0.1) is 15.8 Å². The van der Waals surface area contributed by atoms with Crippen LogP contribution in [0.5, 0.6) is 0 Å². The normalized spacial score (nSPS) is 13.6. The van der Waals surface area contributed by atoms with E-state index in [9.17, 15) is 16.8 Å². The van der Waals surface area contributed by atoms with Crippen LogP contribution in [-0.2, 0) is 24.8 Å². The van der Waals surface area contributed by atoms with Gasteiger partial charge in [0.15, 0.2) is 0 Å². The van der Waals surface area contributed by atoms with Crippen molar-refractivity contribution in [2.24, 2.45) is 0 Å². The summed E-state index contributed by atoms with van der Waals surface area (Å²) in [5.41, 5.74) is 0.244. The lowest BCUT2D eigenvalue weighted by atomic mass is 10.3. The lowest BCUT2D eigenvalue weighted by Gasteiger charge is -2.13. The third kappa shape index (κ3) is 5.40. The summed E-state index contributed by atoms with van der Waals surface area (Å²) in [6, 6.07) is 7.89. The molecule has 0 saturated heterocycles. The molecule has 1 atom stereocenters. The third-order valence-corrected chi connectivity index (χ3v) is 7.71. The second-order valence-electron chi connectivity index (χ2n) is 5.17. The summed E-state index contributed by atoms with van der Waals surface area (Å²) in [6.07, 6.45) is 0. The van der Waals surface area contributed by atoms with Crippen molar-refractivity contribution in [3.05, 3.63) is 40.7 Å². The lowest BCUT2D eigenvalue weighted by molar-refractivity contribution is 0.180. The van der Waals surface area contributed by atoms with Gasteiger partial charge in [-0.3, -0.25) is 4.72 Å². The molecule has 0 saturated carbocycles. The van der Waals surface area contributed by atoms with Gasteiger partial charge < -0.3 is 4.74 Å². The summed E-state index contributed by atoms with van der Waals surface area (Å²) in [4.78, 5) is 0.0255. The highest BCUT2D eigenvalue weighted by Crippen LogP contribution is 2.27. The van der Waals surface area contributed by atoms with Crippen molar-refractivity contribution in [3.8, 4) is 0 Å². The summed E-state index contributed by atoms with van der Waals surface area (Å²) in [6.45, 7) is 1.91. The molecular weight excluding hydrogens is 408 g/mol. The minimum absolute atomic E-state index is 0.0255. The molecule has 0 bridgehead atoms. The van der Waals surface area contributed by atoms with E-state index in [2.05, 4.69) is 9.44 Å². The van der Waals surface area contributed by atoms with Crippen molar-refractivity contribution < 1.29 is 21.6 Å². The van der Waals surface area contributed by atoms with E-state index in [-0.39, 0.29) is 21.4 Å². The van der Waals surface area contributed by atoms with Crippen LogP contribution < -0.4 is 9.44 Å². The van der Waals surface area contributed by atoms with Crippen LogP contribution in [0.4, 0.5) is 5.69 Å². The molecule has 11 heteroatoms. The Balaban J connectivity index is 2.14. The zero-order valence-electron chi connectivity index (χ0n) is 13.4. The first-order chi connectivity index (χ1) is 11.6. The quantitative estimate of drug-likeness (QED) is 0.677. The van der Waals surface area contributed by atoms with Gasteiger partial charge in [-0.1, -0.05) is 11.6 Å². The van der Waals surface area contributed by atoms with E-state index < -0.39 is 26.1 Å². The first-order valence-electron chi connectivity index (χ1n) is 7.03. The van der Waals surface area contributed by atoms with Gasteiger partial charge in [0, 0.05) is 18.8 Å². The largest absolute Gasteiger partial charge is 0.383 e. The van der Waals surface area contributed by atoms with E-state index in [0.29, 0.717) is 4.34 Å². The van der Waals surface area contributed by atoms with Gasteiger partial charge in [0.1, 0.15) is 4.21 Å². The zero-order chi connectivity index (χ0) is 18.7. The zero-order valence-corrected chi connectivity index (χ0v) is 16.6. The minimum Gasteiger partial charge on any atom is -0.383 e. The van der Waals surface area contributed by atoms with Crippen molar-refractivity contribution in [1.82, 2.24) is 4.72 Å². The number of hydrogen-bond acceptors (Lipinski definition) is 6. The van der Waals surface area contributed by atoms with Crippen LogP contribution in [0.1, 0.15) is 6.92 Å². The molecule has 0 fully saturated rings. The monoisotopic (exact) mass is 424 g/mol. The summed E-state index contributed by atoms with van der Waals surface area (Å²) in [7, 11) is -6.00. The van der Waals surface area contributed by atoms with Crippen LogP contribution >= 0.6 is 22.9 Å². The Hall–Kier alpha value is -1.17. The number of methoxy groups -OCH3 is 1. The molecule has 2 aromatic rings. The number of anilines is 1.